The van der Waals surface area contributed by atoms with Gasteiger partial charge in [0.2, 0.25) is 12.7 Å². The van der Waals surface area contributed by atoms with E-state index in [0.717, 1.165) is 33.1 Å². The molecule has 0 unspecified atom stereocenters. The van der Waals surface area contributed by atoms with Gasteiger partial charge in [-0.1, -0.05) is 36.4 Å². The quantitative estimate of drug-likeness (QED) is 0.616. The molecule has 2 heterocycles. The van der Waals surface area contributed by atoms with Gasteiger partial charge in [-0.05, 0) is 41.8 Å². The van der Waals surface area contributed by atoms with Crippen molar-refractivity contribution in [2.24, 2.45) is 0 Å². The fraction of sp³-hybridized carbons (Fsp3) is 0.130. The van der Waals surface area contributed by atoms with Crippen molar-refractivity contribution < 1.29 is 14.3 Å². The van der Waals surface area contributed by atoms with Crippen molar-refractivity contribution in [2.75, 3.05) is 12.1 Å². The van der Waals surface area contributed by atoms with Gasteiger partial charge in [0, 0.05) is 17.4 Å². The van der Waals surface area contributed by atoms with Crippen LogP contribution in [0.2, 0.25) is 0 Å². The van der Waals surface area contributed by atoms with E-state index in [0.29, 0.717) is 17.0 Å². The lowest BCUT2D eigenvalue weighted by atomic mass is 10.1. The zero-order valence-electron chi connectivity index (χ0n) is 15.8. The minimum atomic E-state index is -0.263. The molecule has 5 nitrogen and oxygen atoms in total. The standard InChI is InChI=1S/C23H18N2O3S/c1-15-18(13-24)23(25-22(26)10-8-16-5-3-2-4-6-16)29-21(15)12-17-7-9-19-20(11-17)28-14-27-19/h2-11H,12,14H2,1H3,(H,25,26)/b10-8-. The molecule has 3 aromatic rings. The summed E-state index contributed by atoms with van der Waals surface area (Å²) in [7, 11) is 0. The van der Waals surface area contributed by atoms with Gasteiger partial charge in [-0.15, -0.1) is 11.3 Å². The minimum Gasteiger partial charge on any atom is -0.454 e. The van der Waals surface area contributed by atoms with E-state index in [9.17, 15) is 10.1 Å². The molecule has 1 aliphatic rings. The first kappa shape index (κ1) is 18.8. The average Bonchev–Trinajstić information content (AvgIpc) is 3.31. The Hall–Kier alpha value is -3.56. The summed E-state index contributed by atoms with van der Waals surface area (Å²) in [5.41, 5.74) is 3.39. The number of hydrogen-bond acceptors (Lipinski definition) is 5. The number of hydrogen-bond donors (Lipinski definition) is 1. The van der Waals surface area contributed by atoms with Crippen LogP contribution in [0, 0.1) is 18.3 Å². The summed E-state index contributed by atoms with van der Waals surface area (Å²) < 4.78 is 10.8. The lowest BCUT2D eigenvalue weighted by molar-refractivity contribution is -0.111. The number of nitrogens with zero attached hydrogens (tertiary/aromatic N) is 1. The van der Waals surface area contributed by atoms with Crippen LogP contribution in [0.3, 0.4) is 0 Å². The Morgan fingerprint density at radius 1 is 1.21 bits per heavy atom. The number of amides is 1. The van der Waals surface area contributed by atoms with Gasteiger partial charge >= 0.3 is 0 Å². The van der Waals surface area contributed by atoms with Crippen molar-refractivity contribution in [3.63, 3.8) is 0 Å². The lowest BCUT2D eigenvalue weighted by Gasteiger charge is -2.02. The Labute approximate surface area is 172 Å². The van der Waals surface area contributed by atoms with Gasteiger partial charge in [0.25, 0.3) is 0 Å². The first-order valence-electron chi connectivity index (χ1n) is 9.09. The van der Waals surface area contributed by atoms with Crippen LogP contribution in [0.5, 0.6) is 11.5 Å². The number of anilines is 1. The monoisotopic (exact) mass is 402 g/mol. The maximum atomic E-state index is 12.3. The number of nitriles is 1. The second-order valence-electron chi connectivity index (χ2n) is 6.56. The number of benzene rings is 2. The molecule has 0 radical (unpaired) electrons. The molecule has 0 saturated heterocycles. The van der Waals surface area contributed by atoms with Crippen molar-refractivity contribution in [3.8, 4) is 17.6 Å². The summed E-state index contributed by atoms with van der Waals surface area (Å²) in [6.07, 6.45) is 3.87. The zero-order chi connectivity index (χ0) is 20.2. The third kappa shape index (κ3) is 4.15. The molecule has 29 heavy (non-hydrogen) atoms. The molecule has 1 aliphatic heterocycles. The molecule has 144 valence electrons. The number of ether oxygens (including phenoxy) is 2. The van der Waals surface area contributed by atoms with E-state index in [2.05, 4.69) is 11.4 Å². The first-order valence-corrected chi connectivity index (χ1v) is 9.90. The number of carbonyl (C=O) groups is 1. The molecule has 6 heteroatoms. The van der Waals surface area contributed by atoms with E-state index in [1.54, 1.807) is 6.08 Å². The summed E-state index contributed by atoms with van der Waals surface area (Å²) in [5.74, 6) is 1.21. The van der Waals surface area contributed by atoms with Crippen LogP contribution in [0.4, 0.5) is 5.00 Å². The highest BCUT2D eigenvalue weighted by Crippen LogP contribution is 2.37. The second-order valence-corrected chi connectivity index (χ2v) is 7.67. The van der Waals surface area contributed by atoms with Crippen molar-refractivity contribution in [1.82, 2.24) is 0 Å². The summed E-state index contributed by atoms with van der Waals surface area (Å²) in [6.45, 7) is 2.15. The summed E-state index contributed by atoms with van der Waals surface area (Å²) in [6, 6.07) is 17.6. The summed E-state index contributed by atoms with van der Waals surface area (Å²) in [5, 5.41) is 13.0. The number of carbonyl (C=O) groups excluding carboxylic acids is 1. The molecule has 2 aromatic carbocycles. The molecule has 0 fully saturated rings. The van der Waals surface area contributed by atoms with E-state index in [-0.39, 0.29) is 12.7 Å². The smallest absolute Gasteiger partial charge is 0.249 e. The largest absolute Gasteiger partial charge is 0.454 e. The summed E-state index contributed by atoms with van der Waals surface area (Å²) in [4.78, 5) is 13.4. The van der Waals surface area contributed by atoms with Gasteiger partial charge < -0.3 is 14.8 Å². The summed E-state index contributed by atoms with van der Waals surface area (Å²) >= 11 is 1.43. The van der Waals surface area contributed by atoms with Gasteiger partial charge in [-0.25, -0.2) is 0 Å². The van der Waals surface area contributed by atoms with E-state index < -0.39 is 0 Å². The van der Waals surface area contributed by atoms with Crippen molar-refractivity contribution >= 4 is 28.3 Å². The topological polar surface area (TPSA) is 71.3 Å². The third-order valence-corrected chi connectivity index (χ3v) is 5.83. The molecule has 0 aliphatic carbocycles. The highest BCUT2D eigenvalue weighted by Gasteiger charge is 2.18. The molecule has 0 bridgehead atoms. The molecular weight excluding hydrogens is 384 g/mol. The fourth-order valence-electron chi connectivity index (χ4n) is 3.08. The minimum absolute atomic E-state index is 0.238. The molecular formula is C23H18N2O3S. The van der Waals surface area contributed by atoms with Crippen LogP contribution >= 0.6 is 11.3 Å². The van der Waals surface area contributed by atoms with Crippen molar-refractivity contribution in [3.05, 3.63) is 81.7 Å². The molecule has 1 aromatic heterocycles. The second kappa shape index (κ2) is 8.21. The molecule has 1 amide bonds. The Bertz CT molecular complexity index is 1130. The van der Waals surface area contributed by atoms with Gasteiger partial charge in [0.1, 0.15) is 11.1 Å². The van der Waals surface area contributed by atoms with Crippen molar-refractivity contribution in [1.29, 1.82) is 5.26 Å². The molecule has 4 rings (SSSR count). The normalized spacial score (nSPS) is 12.1. The fourth-order valence-corrected chi connectivity index (χ4v) is 4.27. The Balaban J connectivity index is 1.52. The zero-order valence-corrected chi connectivity index (χ0v) is 16.6. The highest BCUT2D eigenvalue weighted by atomic mass is 32.1. The molecule has 0 atom stereocenters. The van der Waals surface area contributed by atoms with Gasteiger partial charge in [-0.3, -0.25) is 4.79 Å². The predicted octanol–water partition coefficient (Wildman–Crippen LogP) is 4.90. The highest BCUT2D eigenvalue weighted by molar-refractivity contribution is 7.16. The predicted molar refractivity (Wildman–Crippen MR) is 113 cm³/mol. The molecule has 1 N–H and O–H groups in total. The van der Waals surface area contributed by atoms with E-state index in [4.69, 9.17) is 9.47 Å². The number of fused-ring (bicyclic) bond motifs is 1. The Kier molecular flexibility index (Phi) is 5.32. The Morgan fingerprint density at radius 3 is 2.79 bits per heavy atom. The number of thiophene rings is 1. The number of rotatable bonds is 5. The van der Waals surface area contributed by atoms with Crippen LogP contribution in [0.25, 0.3) is 6.08 Å². The maximum Gasteiger partial charge on any atom is 0.249 e. The lowest BCUT2D eigenvalue weighted by Crippen LogP contribution is -2.07. The van der Waals surface area contributed by atoms with Gasteiger partial charge in [0.05, 0.1) is 5.56 Å². The van der Waals surface area contributed by atoms with Crippen LogP contribution in [-0.2, 0) is 11.2 Å². The Morgan fingerprint density at radius 2 is 2.00 bits per heavy atom. The van der Waals surface area contributed by atoms with Crippen LogP contribution in [-0.4, -0.2) is 12.7 Å². The average molecular weight is 402 g/mol. The molecule has 0 saturated carbocycles. The maximum absolute atomic E-state index is 12.3. The molecule has 0 spiro atoms. The van der Waals surface area contributed by atoms with E-state index in [1.807, 2.05) is 55.5 Å². The van der Waals surface area contributed by atoms with Crippen LogP contribution < -0.4 is 14.8 Å². The van der Waals surface area contributed by atoms with Gasteiger partial charge in [-0.2, -0.15) is 5.26 Å². The third-order valence-electron chi connectivity index (χ3n) is 4.62. The SMILES string of the molecule is Cc1c(Cc2ccc3c(c2)OCO3)sc(NC(=O)/C=C\c2ccccc2)c1C#N. The first-order chi connectivity index (χ1) is 14.1. The number of nitrogens with one attached hydrogen (secondary N) is 1. The van der Waals surface area contributed by atoms with E-state index in [1.165, 1.54) is 17.4 Å². The van der Waals surface area contributed by atoms with Gasteiger partial charge in [0.15, 0.2) is 11.5 Å². The van der Waals surface area contributed by atoms with Crippen LogP contribution in [0.15, 0.2) is 54.6 Å². The van der Waals surface area contributed by atoms with Crippen LogP contribution in [0.1, 0.15) is 27.1 Å². The van der Waals surface area contributed by atoms with Crippen molar-refractivity contribution in [2.45, 2.75) is 13.3 Å². The van der Waals surface area contributed by atoms with E-state index >= 15 is 0 Å².